The molecule has 2 nitrogen and oxygen atoms in total. The molecule has 1 aliphatic carbocycles. The van der Waals surface area contributed by atoms with Crippen molar-refractivity contribution < 1.29 is 9.90 Å². The predicted molar refractivity (Wildman–Crippen MR) is 33.1 cm³/mol. The molecule has 1 rings (SSSR count). The van der Waals surface area contributed by atoms with Crippen LogP contribution in [-0.2, 0) is 4.79 Å². The average molecular weight is 179 g/mol. The first-order chi connectivity index (χ1) is 3.72. The second kappa shape index (κ2) is 2.05. The maximum absolute atomic E-state index is 10.2. The summed E-state index contributed by atoms with van der Waals surface area (Å²) in [6, 6.07) is 0. The third kappa shape index (κ3) is 0.869. The van der Waals surface area contributed by atoms with E-state index in [-0.39, 0.29) is 10.7 Å². The fourth-order valence-corrected chi connectivity index (χ4v) is 1.49. The quantitative estimate of drug-likeness (QED) is 0.615. The third-order valence-corrected chi connectivity index (χ3v) is 2.60. The van der Waals surface area contributed by atoms with Gasteiger partial charge in [0.05, 0.1) is 5.92 Å². The van der Waals surface area contributed by atoms with Crippen LogP contribution in [0.4, 0.5) is 0 Å². The second-order valence-electron chi connectivity index (χ2n) is 2.04. The number of aliphatic carboxylic acids is 1. The Morgan fingerprint density at radius 3 is 2.25 bits per heavy atom. The van der Waals surface area contributed by atoms with Crippen LogP contribution in [0, 0.1) is 5.92 Å². The number of halogens is 1. The molecule has 0 aromatic heterocycles. The lowest BCUT2D eigenvalue weighted by molar-refractivity contribution is -0.143. The van der Waals surface area contributed by atoms with Crippen molar-refractivity contribution in [2.45, 2.75) is 17.7 Å². The minimum atomic E-state index is -0.668. The zero-order chi connectivity index (χ0) is 6.15. The van der Waals surface area contributed by atoms with E-state index in [2.05, 4.69) is 15.9 Å². The van der Waals surface area contributed by atoms with E-state index in [1.807, 2.05) is 0 Å². The molecule has 1 saturated carbocycles. The average Bonchev–Trinajstić information content (AvgIpc) is 1.61. The van der Waals surface area contributed by atoms with Crippen LogP contribution in [0.2, 0.25) is 0 Å². The SMILES string of the molecule is O=C(O)C1CCC1Br. The highest BCUT2D eigenvalue weighted by atomic mass is 79.9. The van der Waals surface area contributed by atoms with Gasteiger partial charge in [0, 0.05) is 4.83 Å². The second-order valence-corrected chi connectivity index (χ2v) is 3.21. The zero-order valence-corrected chi connectivity index (χ0v) is 5.89. The van der Waals surface area contributed by atoms with E-state index in [1.54, 1.807) is 0 Å². The molecule has 46 valence electrons. The molecule has 0 amide bonds. The van der Waals surface area contributed by atoms with Crippen molar-refractivity contribution >= 4 is 21.9 Å². The summed E-state index contributed by atoms with van der Waals surface area (Å²) in [5.41, 5.74) is 0. The molecule has 3 heteroatoms. The van der Waals surface area contributed by atoms with Crippen molar-refractivity contribution in [3.05, 3.63) is 0 Å². The lowest BCUT2D eigenvalue weighted by Gasteiger charge is -2.27. The van der Waals surface area contributed by atoms with Crippen molar-refractivity contribution in [3.8, 4) is 0 Å². The molecule has 0 aromatic carbocycles. The number of alkyl halides is 1. The summed E-state index contributed by atoms with van der Waals surface area (Å²) in [6.45, 7) is 0. The Balaban J connectivity index is 2.37. The minimum Gasteiger partial charge on any atom is -0.481 e. The Bertz CT molecular complexity index is 113. The Labute approximate surface area is 56.0 Å². The van der Waals surface area contributed by atoms with Gasteiger partial charge < -0.3 is 5.11 Å². The molecule has 0 spiro atoms. The van der Waals surface area contributed by atoms with Crippen LogP contribution in [0.1, 0.15) is 12.8 Å². The molecule has 2 atom stereocenters. The number of hydrogen-bond acceptors (Lipinski definition) is 1. The van der Waals surface area contributed by atoms with E-state index in [0.717, 1.165) is 12.8 Å². The van der Waals surface area contributed by atoms with Gasteiger partial charge >= 0.3 is 5.97 Å². The Hall–Kier alpha value is -0.0500. The van der Waals surface area contributed by atoms with Gasteiger partial charge in [0.1, 0.15) is 0 Å². The molecule has 8 heavy (non-hydrogen) atoms. The van der Waals surface area contributed by atoms with Crippen LogP contribution in [0.15, 0.2) is 0 Å². The van der Waals surface area contributed by atoms with E-state index in [4.69, 9.17) is 5.11 Å². The standard InChI is InChI=1S/C5H7BrO2/c6-4-2-1-3(4)5(7)8/h3-4H,1-2H2,(H,7,8). The molecule has 1 N–H and O–H groups in total. The maximum Gasteiger partial charge on any atom is 0.307 e. The van der Waals surface area contributed by atoms with Crippen molar-refractivity contribution in [1.29, 1.82) is 0 Å². The van der Waals surface area contributed by atoms with Gasteiger partial charge in [-0.1, -0.05) is 15.9 Å². The monoisotopic (exact) mass is 178 g/mol. The number of hydrogen-bond donors (Lipinski definition) is 1. The molecule has 1 aliphatic rings. The first-order valence-electron chi connectivity index (χ1n) is 2.58. The number of carbonyl (C=O) groups is 1. The molecule has 1 fully saturated rings. The minimum absolute atomic E-state index is 0.116. The Morgan fingerprint density at radius 2 is 2.25 bits per heavy atom. The van der Waals surface area contributed by atoms with Crippen molar-refractivity contribution in [2.75, 3.05) is 0 Å². The summed E-state index contributed by atoms with van der Waals surface area (Å²) in [7, 11) is 0. The van der Waals surface area contributed by atoms with Gasteiger partial charge in [-0.15, -0.1) is 0 Å². The van der Waals surface area contributed by atoms with Gasteiger partial charge in [0.25, 0.3) is 0 Å². The van der Waals surface area contributed by atoms with Gasteiger partial charge in [0.15, 0.2) is 0 Å². The molecular formula is C5H7BrO2. The molecule has 0 aromatic rings. The van der Waals surface area contributed by atoms with Crippen molar-refractivity contribution in [1.82, 2.24) is 0 Å². The zero-order valence-electron chi connectivity index (χ0n) is 4.30. The molecule has 2 unspecified atom stereocenters. The lowest BCUT2D eigenvalue weighted by Crippen LogP contribution is -2.32. The van der Waals surface area contributed by atoms with Crippen LogP contribution >= 0.6 is 15.9 Å². The largest absolute Gasteiger partial charge is 0.481 e. The first-order valence-corrected chi connectivity index (χ1v) is 3.50. The van der Waals surface area contributed by atoms with E-state index in [0.29, 0.717) is 0 Å². The topological polar surface area (TPSA) is 37.3 Å². The van der Waals surface area contributed by atoms with Crippen LogP contribution < -0.4 is 0 Å². The van der Waals surface area contributed by atoms with Crippen molar-refractivity contribution in [3.63, 3.8) is 0 Å². The predicted octanol–water partition coefficient (Wildman–Crippen LogP) is 1.24. The Kier molecular flexibility index (Phi) is 1.56. The fraction of sp³-hybridized carbons (Fsp3) is 0.800. The van der Waals surface area contributed by atoms with E-state index >= 15 is 0 Å². The molecular weight excluding hydrogens is 172 g/mol. The summed E-state index contributed by atoms with van der Waals surface area (Å²) >= 11 is 3.25. The van der Waals surface area contributed by atoms with Gasteiger partial charge in [-0.25, -0.2) is 0 Å². The van der Waals surface area contributed by atoms with Gasteiger partial charge in [-0.3, -0.25) is 4.79 Å². The molecule has 0 heterocycles. The number of carboxylic acids is 1. The summed E-state index contributed by atoms with van der Waals surface area (Å²) < 4.78 is 0. The molecule has 0 radical (unpaired) electrons. The summed E-state index contributed by atoms with van der Waals surface area (Å²) in [4.78, 5) is 10.4. The van der Waals surface area contributed by atoms with Gasteiger partial charge in [-0.2, -0.15) is 0 Å². The highest BCUT2D eigenvalue weighted by molar-refractivity contribution is 9.09. The van der Waals surface area contributed by atoms with Crippen LogP contribution in [0.5, 0.6) is 0 Å². The third-order valence-electron chi connectivity index (χ3n) is 1.51. The van der Waals surface area contributed by atoms with Gasteiger partial charge in [0.2, 0.25) is 0 Å². The smallest absolute Gasteiger partial charge is 0.307 e. The number of rotatable bonds is 1. The van der Waals surface area contributed by atoms with E-state index < -0.39 is 5.97 Å². The lowest BCUT2D eigenvalue weighted by atomic mass is 9.85. The Morgan fingerprint density at radius 1 is 1.62 bits per heavy atom. The maximum atomic E-state index is 10.2. The molecule has 0 bridgehead atoms. The van der Waals surface area contributed by atoms with Crippen LogP contribution in [0.3, 0.4) is 0 Å². The molecule has 0 saturated heterocycles. The van der Waals surface area contributed by atoms with Crippen LogP contribution in [0.25, 0.3) is 0 Å². The van der Waals surface area contributed by atoms with Crippen LogP contribution in [-0.4, -0.2) is 15.9 Å². The molecule has 0 aliphatic heterocycles. The summed E-state index contributed by atoms with van der Waals surface area (Å²) in [5, 5.41) is 8.37. The van der Waals surface area contributed by atoms with E-state index in [9.17, 15) is 4.79 Å². The fourth-order valence-electron chi connectivity index (χ4n) is 0.738. The van der Waals surface area contributed by atoms with E-state index in [1.165, 1.54) is 0 Å². The van der Waals surface area contributed by atoms with Gasteiger partial charge in [-0.05, 0) is 12.8 Å². The normalized spacial score (nSPS) is 36.1. The summed E-state index contributed by atoms with van der Waals surface area (Å²) in [5.74, 6) is -0.784. The summed E-state index contributed by atoms with van der Waals surface area (Å²) in [6.07, 6.45) is 1.85. The number of carboxylic acid groups (broad SMARTS) is 1. The highest BCUT2D eigenvalue weighted by Crippen LogP contribution is 2.33. The highest BCUT2D eigenvalue weighted by Gasteiger charge is 2.34. The van der Waals surface area contributed by atoms with Crippen molar-refractivity contribution in [2.24, 2.45) is 5.92 Å². The first kappa shape index (κ1) is 6.08.